The maximum atomic E-state index is 12.1. The van der Waals surface area contributed by atoms with Crippen molar-refractivity contribution >= 4 is 15.7 Å². The summed E-state index contributed by atoms with van der Waals surface area (Å²) in [7, 11) is -1.72. The van der Waals surface area contributed by atoms with Gasteiger partial charge >= 0.3 is 0 Å². The summed E-state index contributed by atoms with van der Waals surface area (Å²) in [5.41, 5.74) is 0.687. The summed E-state index contributed by atoms with van der Waals surface area (Å²) < 4.78 is 24.7. The molecule has 0 radical (unpaired) electrons. The van der Waals surface area contributed by atoms with E-state index in [0.717, 1.165) is 0 Å². The van der Waals surface area contributed by atoms with E-state index in [0.29, 0.717) is 5.69 Å². The molecule has 0 aliphatic rings. The molecule has 0 heterocycles. The summed E-state index contributed by atoms with van der Waals surface area (Å²) in [4.78, 5) is 0. The minimum atomic E-state index is -3.30. The average molecular weight is 227 g/mol. The molecule has 0 fully saturated rings. The first kappa shape index (κ1) is 12.0. The summed E-state index contributed by atoms with van der Waals surface area (Å²) in [6.07, 6.45) is 0. The van der Waals surface area contributed by atoms with Gasteiger partial charge in [0.1, 0.15) is 0 Å². The zero-order valence-electron chi connectivity index (χ0n) is 9.56. The molecule has 1 aromatic carbocycles. The van der Waals surface area contributed by atoms with Crippen molar-refractivity contribution in [3.63, 3.8) is 0 Å². The van der Waals surface area contributed by atoms with Crippen molar-refractivity contribution in [1.29, 1.82) is 0 Å². The molecule has 15 heavy (non-hydrogen) atoms. The lowest BCUT2D eigenvalue weighted by atomic mass is 10.3. The number of sulfonamides is 1. The molecule has 0 bridgehead atoms. The Morgan fingerprint density at radius 1 is 1.07 bits per heavy atom. The molecular formula is C11H17NO2S. The Kier molecular flexibility index (Phi) is 3.09. The Balaban J connectivity index is 3.12. The van der Waals surface area contributed by atoms with Gasteiger partial charge in [-0.25, -0.2) is 8.42 Å². The third-order valence-electron chi connectivity index (χ3n) is 2.25. The number of hydrogen-bond donors (Lipinski definition) is 0. The summed E-state index contributed by atoms with van der Waals surface area (Å²) in [5.74, 6) is 0. The molecule has 3 nitrogen and oxygen atoms in total. The van der Waals surface area contributed by atoms with Gasteiger partial charge in [-0.2, -0.15) is 0 Å². The molecule has 0 unspecified atom stereocenters. The van der Waals surface area contributed by atoms with Crippen LogP contribution in [-0.2, 0) is 10.0 Å². The number of rotatable bonds is 2. The monoisotopic (exact) mass is 227 g/mol. The highest BCUT2D eigenvalue weighted by Gasteiger charge is 2.33. The highest BCUT2D eigenvalue weighted by Crippen LogP contribution is 2.24. The molecule has 1 rings (SSSR count). The number of anilines is 1. The minimum Gasteiger partial charge on any atom is -0.273 e. The van der Waals surface area contributed by atoms with Gasteiger partial charge in [-0.15, -0.1) is 0 Å². The van der Waals surface area contributed by atoms with Crippen molar-refractivity contribution in [3.8, 4) is 0 Å². The number of hydrogen-bond acceptors (Lipinski definition) is 2. The van der Waals surface area contributed by atoms with Crippen LogP contribution in [0.25, 0.3) is 0 Å². The molecule has 1 aromatic rings. The van der Waals surface area contributed by atoms with Gasteiger partial charge in [0.2, 0.25) is 10.0 Å². The molecule has 0 spiro atoms. The van der Waals surface area contributed by atoms with E-state index in [9.17, 15) is 8.42 Å². The quantitative estimate of drug-likeness (QED) is 0.777. The summed E-state index contributed by atoms with van der Waals surface area (Å²) in [6, 6.07) is 9.07. The highest BCUT2D eigenvalue weighted by atomic mass is 32.2. The third kappa shape index (κ3) is 2.31. The molecule has 84 valence electrons. The molecule has 0 amide bonds. The van der Waals surface area contributed by atoms with Gasteiger partial charge in [-0.1, -0.05) is 18.2 Å². The van der Waals surface area contributed by atoms with Gasteiger partial charge in [0.05, 0.1) is 10.4 Å². The first-order valence-corrected chi connectivity index (χ1v) is 6.24. The van der Waals surface area contributed by atoms with E-state index in [2.05, 4.69) is 0 Å². The second kappa shape index (κ2) is 3.85. The Hall–Kier alpha value is -1.03. The molecule has 0 N–H and O–H groups in total. The maximum absolute atomic E-state index is 12.1. The van der Waals surface area contributed by atoms with Crippen LogP contribution in [0.2, 0.25) is 0 Å². The van der Waals surface area contributed by atoms with Crippen LogP contribution in [0.3, 0.4) is 0 Å². The van der Waals surface area contributed by atoms with Crippen LogP contribution >= 0.6 is 0 Å². The standard InChI is InChI=1S/C11H17NO2S/c1-11(2,3)15(13,14)12(4)10-8-6-5-7-9-10/h5-9H,1-4H3. The van der Waals surface area contributed by atoms with Crippen LogP contribution < -0.4 is 4.31 Å². The Bertz CT molecular complexity index is 418. The lowest BCUT2D eigenvalue weighted by Gasteiger charge is -2.28. The summed E-state index contributed by atoms with van der Waals surface area (Å²) in [5, 5.41) is 0. The maximum Gasteiger partial charge on any atom is 0.239 e. The van der Waals surface area contributed by atoms with Gasteiger partial charge in [-0.05, 0) is 32.9 Å². The van der Waals surface area contributed by atoms with E-state index < -0.39 is 14.8 Å². The Morgan fingerprint density at radius 3 is 1.93 bits per heavy atom. The van der Waals surface area contributed by atoms with E-state index in [1.807, 2.05) is 18.2 Å². The zero-order chi connectivity index (χ0) is 11.7. The summed E-state index contributed by atoms with van der Waals surface area (Å²) >= 11 is 0. The van der Waals surface area contributed by atoms with Crippen molar-refractivity contribution in [3.05, 3.63) is 30.3 Å². The predicted molar refractivity (Wildman–Crippen MR) is 63.5 cm³/mol. The summed E-state index contributed by atoms with van der Waals surface area (Å²) in [6.45, 7) is 5.09. The Labute approximate surface area is 91.8 Å². The predicted octanol–water partition coefficient (Wildman–Crippen LogP) is 2.25. The van der Waals surface area contributed by atoms with Gasteiger partial charge in [0.15, 0.2) is 0 Å². The molecule has 0 atom stereocenters. The van der Waals surface area contributed by atoms with Crippen molar-refractivity contribution in [2.45, 2.75) is 25.5 Å². The number of benzene rings is 1. The highest BCUT2D eigenvalue weighted by molar-refractivity contribution is 7.94. The molecule has 0 saturated heterocycles. The van der Waals surface area contributed by atoms with E-state index >= 15 is 0 Å². The van der Waals surface area contributed by atoms with Gasteiger partial charge < -0.3 is 0 Å². The first-order valence-electron chi connectivity index (χ1n) is 4.80. The average Bonchev–Trinajstić information content (AvgIpc) is 2.16. The van der Waals surface area contributed by atoms with Crippen molar-refractivity contribution in [2.24, 2.45) is 0 Å². The van der Waals surface area contributed by atoms with Crippen LogP contribution in [0.15, 0.2) is 30.3 Å². The number of nitrogens with zero attached hydrogens (tertiary/aromatic N) is 1. The molecule has 0 aliphatic heterocycles. The van der Waals surface area contributed by atoms with Crippen molar-refractivity contribution < 1.29 is 8.42 Å². The lowest BCUT2D eigenvalue weighted by molar-refractivity contribution is 0.558. The fourth-order valence-corrected chi connectivity index (χ4v) is 2.41. The van der Waals surface area contributed by atoms with Gasteiger partial charge in [-0.3, -0.25) is 4.31 Å². The topological polar surface area (TPSA) is 37.4 Å². The molecular weight excluding hydrogens is 210 g/mol. The SMILES string of the molecule is CN(c1ccccc1)S(=O)(=O)C(C)(C)C. The van der Waals surface area contributed by atoms with Crippen LogP contribution in [0, 0.1) is 0 Å². The van der Waals surface area contributed by atoms with Crippen molar-refractivity contribution in [1.82, 2.24) is 0 Å². The van der Waals surface area contributed by atoms with E-state index in [1.54, 1.807) is 40.0 Å². The molecule has 4 heteroatoms. The fourth-order valence-electron chi connectivity index (χ4n) is 1.19. The molecule has 0 aromatic heterocycles. The smallest absolute Gasteiger partial charge is 0.239 e. The van der Waals surface area contributed by atoms with Crippen LogP contribution in [-0.4, -0.2) is 20.2 Å². The third-order valence-corrected chi connectivity index (χ3v) is 4.73. The van der Waals surface area contributed by atoms with E-state index in [1.165, 1.54) is 4.31 Å². The second-order valence-electron chi connectivity index (χ2n) is 4.42. The number of para-hydroxylation sites is 1. The van der Waals surface area contributed by atoms with Crippen molar-refractivity contribution in [2.75, 3.05) is 11.4 Å². The van der Waals surface area contributed by atoms with Gasteiger partial charge in [0, 0.05) is 7.05 Å². The lowest BCUT2D eigenvalue weighted by Crippen LogP contribution is -2.40. The zero-order valence-corrected chi connectivity index (χ0v) is 10.4. The first-order chi connectivity index (χ1) is 6.77. The van der Waals surface area contributed by atoms with Crippen LogP contribution in [0.4, 0.5) is 5.69 Å². The van der Waals surface area contributed by atoms with Gasteiger partial charge in [0.25, 0.3) is 0 Å². The van der Waals surface area contributed by atoms with Crippen LogP contribution in [0.1, 0.15) is 20.8 Å². The normalized spacial score (nSPS) is 12.5. The van der Waals surface area contributed by atoms with E-state index in [-0.39, 0.29) is 0 Å². The minimum absolute atomic E-state index is 0.687. The Morgan fingerprint density at radius 2 is 1.53 bits per heavy atom. The largest absolute Gasteiger partial charge is 0.273 e. The second-order valence-corrected chi connectivity index (χ2v) is 7.14. The van der Waals surface area contributed by atoms with E-state index in [4.69, 9.17) is 0 Å². The molecule has 0 aliphatic carbocycles. The van der Waals surface area contributed by atoms with Crippen LogP contribution in [0.5, 0.6) is 0 Å². The molecule has 0 saturated carbocycles. The fraction of sp³-hybridized carbons (Fsp3) is 0.455.